The molecule has 1 atom stereocenters. The maximum absolute atomic E-state index is 12.7. The molecule has 5 heteroatoms. The summed E-state index contributed by atoms with van der Waals surface area (Å²) in [6.07, 6.45) is 4.86. The molecule has 2 aliphatic rings. The number of pyridine rings is 1. The zero-order chi connectivity index (χ0) is 18.5. The quantitative estimate of drug-likeness (QED) is 0.818. The molecule has 2 aliphatic heterocycles. The van der Waals surface area contributed by atoms with E-state index < -0.39 is 0 Å². The molecule has 2 saturated heterocycles. The van der Waals surface area contributed by atoms with Gasteiger partial charge in [-0.05, 0) is 37.1 Å². The largest absolute Gasteiger partial charge is 0.353 e. The van der Waals surface area contributed by atoms with Crippen LogP contribution in [-0.4, -0.2) is 60.0 Å². The second-order valence-electron chi connectivity index (χ2n) is 7.41. The van der Waals surface area contributed by atoms with Gasteiger partial charge >= 0.3 is 0 Å². The van der Waals surface area contributed by atoms with Crippen LogP contribution in [0.2, 0.25) is 0 Å². The Hall–Kier alpha value is -2.40. The monoisotopic (exact) mass is 364 g/mol. The first-order valence-electron chi connectivity index (χ1n) is 10.0. The third kappa shape index (κ3) is 4.30. The van der Waals surface area contributed by atoms with Gasteiger partial charge in [-0.1, -0.05) is 36.4 Å². The molecule has 0 N–H and O–H groups in total. The zero-order valence-electron chi connectivity index (χ0n) is 15.8. The van der Waals surface area contributed by atoms with Gasteiger partial charge in [-0.15, -0.1) is 0 Å². The summed E-state index contributed by atoms with van der Waals surface area (Å²) in [5, 5.41) is 0. The molecule has 0 unspecified atom stereocenters. The molecule has 3 heterocycles. The van der Waals surface area contributed by atoms with Crippen molar-refractivity contribution in [2.45, 2.75) is 25.3 Å². The van der Waals surface area contributed by atoms with Crippen molar-refractivity contribution >= 4 is 11.7 Å². The first kappa shape index (κ1) is 18.0. The minimum atomic E-state index is 0.286. The third-order valence-corrected chi connectivity index (χ3v) is 5.77. The molecule has 0 saturated carbocycles. The molecule has 0 spiro atoms. The van der Waals surface area contributed by atoms with Crippen molar-refractivity contribution in [2.75, 3.05) is 44.2 Å². The van der Waals surface area contributed by atoms with Crippen molar-refractivity contribution in [3.63, 3.8) is 0 Å². The highest BCUT2D eigenvalue weighted by molar-refractivity contribution is 5.76. The van der Waals surface area contributed by atoms with Gasteiger partial charge in [0.2, 0.25) is 5.91 Å². The fourth-order valence-corrected chi connectivity index (χ4v) is 4.27. The lowest BCUT2D eigenvalue weighted by Gasteiger charge is -2.36. The number of aromatic nitrogens is 1. The van der Waals surface area contributed by atoms with Crippen LogP contribution >= 0.6 is 0 Å². The summed E-state index contributed by atoms with van der Waals surface area (Å²) in [6, 6.07) is 17.2. The van der Waals surface area contributed by atoms with Gasteiger partial charge in [0.15, 0.2) is 0 Å². The molecule has 1 aromatic heterocycles. The normalized spacial score (nSPS) is 20.8. The van der Waals surface area contributed by atoms with E-state index in [-0.39, 0.29) is 5.91 Å². The van der Waals surface area contributed by atoms with Crippen LogP contribution in [0.15, 0.2) is 54.7 Å². The molecule has 4 rings (SSSR count). The Morgan fingerprint density at radius 3 is 2.48 bits per heavy atom. The van der Waals surface area contributed by atoms with E-state index in [1.165, 1.54) is 18.4 Å². The highest BCUT2D eigenvalue weighted by Gasteiger charge is 2.27. The molecule has 5 nitrogen and oxygen atoms in total. The summed E-state index contributed by atoms with van der Waals surface area (Å²) in [4.78, 5) is 23.9. The van der Waals surface area contributed by atoms with Crippen LogP contribution in [0.1, 0.15) is 30.9 Å². The number of amides is 1. The number of carbonyl (C=O) groups excluding carboxylic acids is 1. The SMILES string of the molecule is O=C(CCN1CCC[C@H]1c1ccccc1)N1CCN(c2ccccn2)CC1. The minimum Gasteiger partial charge on any atom is -0.353 e. The second-order valence-corrected chi connectivity index (χ2v) is 7.41. The van der Waals surface area contributed by atoms with Crippen LogP contribution < -0.4 is 4.90 Å². The minimum absolute atomic E-state index is 0.286. The summed E-state index contributed by atoms with van der Waals surface area (Å²) in [7, 11) is 0. The lowest BCUT2D eigenvalue weighted by Crippen LogP contribution is -2.49. The highest BCUT2D eigenvalue weighted by Crippen LogP contribution is 2.31. The topological polar surface area (TPSA) is 39.7 Å². The standard InChI is InChI=1S/C22H28N4O/c27-22(26-17-15-25(16-18-26)21-10-4-5-12-23-21)11-14-24-13-6-9-20(24)19-7-2-1-3-8-19/h1-5,7-8,10,12,20H,6,9,11,13-18H2/t20-/m0/s1. The molecule has 1 aromatic carbocycles. The van der Waals surface area contributed by atoms with E-state index in [2.05, 4.69) is 45.1 Å². The van der Waals surface area contributed by atoms with E-state index in [9.17, 15) is 4.79 Å². The summed E-state index contributed by atoms with van der Waals surface area (Å²) < 4.78 is 0. The van der Waals surface area contributed by atoms with Gasteiger partial charge in [0.05, 0.1) is 0 Å². The van der Waals surface area contributed by atoms with E-state index in [4.69, 9.17) is 0 Å². The van der Waals surface area contributed by atoms with Gasteiger partial charge < -0.3 is 9.80 Å². The lowest BCUT2D eigenvalue weighted by molar-refractivity contribution is -0.131. The molecule has 2 fully saturated rings. The zero-order valence-corrected chi connectivity index (χ0v) is 15.8. The van der Waals surface area contributed by atoms with Gasteiger partial charge in [0.1, 0.15) is 5.82 Å². The van der Waals surface area contributed by atoms with Crippen LogP contribution in [0.3, 0.4) is 0 Å². The fourth-order valence-electron chi connectivity index (χ4n) is 4.27. The van der Waals surface area contributed by atoms with Crippen LogP contribution in [-0.2, 0) is 4.79 Å². The third-order valence-electron chi connectivity index (χ3n) is 5.77. The molecule has 142 valence electrons. The number of nitrogens with zero attached hydrogens (tertiary/aromatic N) is 4. The number of piperazine rings is 1. The number of carbonyl (C=O) groups is 1. The molecule has 27 heavy (non-hydrogen) atoms. The van der Waals surface area contributed by atoms with Crippen molar-refractivity contribution in [1.82, 2.24) is 14.8 Å². The molecular weight excluding hydrogens is 336 g/mol. The van der Waals surface area contributed by atoms with Crippen molar-refractivity contribution in [2.24, 2.45) is 0 Å². The van der Waals surface area contributed by atoms with Crippen LogP contribution in [0.4, 0.5) is 5.82 Å². The molecule has 0 bridgehead atoms. The average Bonchev–Trinajstić information content (AvgIpc) is 3.22. The molecule has 0 aliphatic carbocycles. The number of anilines is 1. The summed E-state index contributed by atoms with van der Waals surface area (Å²) in [5.74, 6) is 1.29. The van der Waals surface area contributed by atoms with Crippen LogP contribution in [0, 0.1) is 0 Å². The number of rotatable bonds is 5. The number of hydrogen-bond acceptors (Lipinski definition) is 4. The van der Waals surface area contributed by atoms with Gasteiger partial charge in [-0.2, -0.15) is 0 Å². The molecule has 1 amide bonds. The van der Waals surface area contributed by atoms with Crippen molar-refractivity contribution < 1.29 is 4.79 Å². The maximum atomic E-state index is 12.7. The predicted octanol–water partition coefficient (Wildman–Crippen LogP) is 2.96. The van der Waals surface area contributed by atoms with Crippen molar-refractivity contribution in [1.29, 1.82) is 0 Å². The van der Waals surface area contributed by atoms with Crippen LogP contribution in [0.5, 0.6) is 0 Å². The molecule has 0 radical (unpaired) electrons. The van der Waals surface area contributed by atoms with E-state index in [1.54, 1.807) is 0 Å². The second kappa shape index (κ2) is 8.53. The maximum Gasteiger partial charge on any atom is 0.223 e. The summed E-state index contributed by atoms with van der Waals surface area (Å²) >= 11 is 0. The summed E-state index contributed by atoms with van der Waals surface area (Å²) in [5.41, 5.74) is 1.38. The molecule has 2 aromatic rings. The summed E-state index contributed by atoms with van der Waals surface area (Å²) in [6.45, 7) is 5.26. The lowest BCUT2D eigenvalue weighted by atomic mass is 10.0. The first-order valence-corrected chi connectivity index (χ1v) is 10.0. The van der Waals surface area contributed by atoms with E-state index in [1.807, 2.05) is 29.3 Å². The Kier molecular flexibility index (Phi) is 5.68. The van der Waals surface area contributed by atoms with E-state index >= 15 is 0 Å². The number of likely N-dealkylation sites (tertiary alicyclic amines) is 1. The number of hydrogen-bond donors (Lipinski definition) is 0. The highest BCUT2D eigenvalue weighted by atomic mass is 16.2. The first-order chi connectivity index (χ1) is 13.3. The molecular formula is C22H28N4O. The number of benzene rings is 1. The van der Waals surface area contributed by atoms with Gasteiger partial charge in [-0.3, -0.25) is 9.69 Å². The Balaban J connectivity index is 1.26. The predicted molar refractivity (Wildman–Crippen MR) is 108 cm³/mol. The van der Waals surface area contributed by atoms with Gasteiger partial charge in [0.25, 0.3) is 0 Å². The van der Waals surface area contributed by atoms with E-state index in [0.29, 0.717) is 12.5 Å². The van der Waals surface area contributed by atoms with Crippen LogP contribution in [0.25, 0.3) is 0 Å². The Labute approximate surface area is 161 Å². The Morgan fingerprint density at radius 1 is 0.963 bits per heavy atom. The Morgan fingerprint density at radius 2 is 1.74 bits per heavy atom. The van der Waals surface area contributed by atoms with Gasteiger partial charge in [-0.25, -0.2) is 4.98 Å². The average molecular weight is 364 g/mol. The van der Waals surface area contributed by atoms with E-state index in [0.717, 1.165) is 45.1 Å². The van der Waals surface area contributed by atoms with Gasteiger partial charge in [0, 0.05) is 51.4 Å². The Bertz CT molecular complexity index is 728. The smallest absolute Gasteiger partial charge is 0.223 e. The van der Waals surface area contributed by atoms with Crippen molar-refractivity contribution in [3.8, 4) is 0 Å². The fraction of sp³-hybridized carbons (Fsp3) is 0.455. The van der Waals surface area contributed by atoms with Crippen molar-refractivity contribution in [3.05, 3.63) is 60.3 Å².